The highest BCUT2D eigenvalue weighted by Crippen LogP contribution is 2.50. The first kappa shape index (κ1) is 32.8. The van der Waals surface area contributed by atoms with E-state index < -0.39 is 0 Å². The fourth-order valence-electron chi connectivity index (χ4n) is 9.01. The molecule has 0 unspecified atom stereocenters. The van der Waals surface area contributed by atoms with Crippen LogP contribution < -0.4 is 4.90 Å². The molecule has 0 spiro atoms. The van der Waals surface area contributed by atoms with E-state index in [4.69, 9.17) is 0 Å². The van der Waals surface area contributed by atoms with E-state index in [2.05, 4.69) is 210 Å². The van der Waals surface area contributed by atoms with Gasteiger partial charge in [0.2, 0.25) is 0 Å². The van der Waals surface area contributed by atoms with E-state index in [0.29, 0.717) is 0 Å². The van der Waals surface area contributed by atoms with Gasteiger partial charge in [-0.25, -0.2) is 0 Å². The van der Waals surface area contributed by atoms with Crippen molar-refractivity contribution >= 4 is 70.9 Å². The van der Waals surface area contributed by atoms with Crippen LogP contribution in [-0.4, -0.2) is 4.98 Å². The molecule has 0 saturated carbocycles. The molecule has 1 aromatic heterocycles. The van der Waals surface area contributed by atoms with E-state index in [-0.39, 0.29) is 0 Å². The van der Waals surface area contributed by atoms with Crippen molar-refractivity contribution < 1.29 is 0 Å². The van der Waals surface area contributed by atoms with Gasteiger partial charge in [-0.1, -0.05) is 170 Å². The van der Waals surface area contributed by atoms with Crippen LogP contribution in [0.1, 0.15) is 0 Å². The summed E-state index contributed by atoms with van der Waals surface area (Å²) in [5, 5.41) is 12.3. The summed E-state index contributed by atoms with van der Waals surface area (Å²) in [6.45, 7) is 0. The fraction of sp³-hybridized carbons (Fsp3) is 0. The lowest BCUT2D eigenvalue weighted by Gasteiger charge is -2.28. The Bertz CT molecular complexity index is 3270. The van der Waals surface area contributed by atoms with Crippen LogP contribution in [0.25, 0.3) is 87.2 Å². The van der Waals surface area contributed by atoms with E-state index in [1.165, 1.54) is 87.2 Å². The number of rotatable bonds is 6. The first-order valence-corrected chi connectivity index (χ1v) is 19.5. The van der Waals surface area contributed by atoms with Crippen molar-refractivity contribution in [3.8, 4) is 33.4 Å². The van der Waals surface area contributed by atoms with Crippen molar-refractivity contribution in [2.45, 2.75) is 0 Å². The Balaban J connectivity index is 1.30. The van der Waals surface area contributed by atoms with Crippen LogP contribution in [0, 0.1) is 0 Å². The number of fused-ring (bicyclic) bond motifs is 9. The molecule has 0 aliphatic heterocycles. The van der Waals surface area contributed by atoms with E-state index in [0.717, 1.165) is 17.1 Å². The first-order chi connectivity index (χ1) is 28.3. The largest absolute Gasteiger partial charge is 0.308 e. The molecule has 0 N–H and O–H groups in total. The molecule has 0 fully saturated rings. The molecule has 2 nitrogen and oxygen atoms in total. The maximum Gasteiger partial charge on any atom is 0.0645 e. The number of aromatic nitrogens is 1. The Morgan fingerprint density at radius 3 is 1.58 bits per heavy atom. The number of hydrogen-bond donors (Lipinski definition) is 0. The van der Waals surface area contributed by atoms with Gasteiger partial charge < -0.3 is 4.90 Å². The van der Waals surface area contributed by atoms with Gasteiger partial charge >= 0.3 is 0 Å². The quantitative estimate of drug-likeness (QED) is 0.159. The van der Waals surface area contributed by atoms with Crippen molar-refractivity contribution in [3.63, 3.8) is 0 Å². The Morgan fingerprint density at radius 1 is 0.333 bits per heavy atom. The third kappa shape index (κ3) is 5.45. The zero-order valence-electron chi connectivity index (χ0n) is 31.2. The molecule has 2 heteroatoms. The lowest BCUT2D eigenvalue weighted by molar-refractivity contribution is 1.24. The number of benzene rings is 10. The molecule has 0 radical (unpaired) electrons. The Morgan fingerprint density at radius 2 is 0.895 bits per heavy atom. The Hall–Kier alpha value is -7.55. The first-order valence-electron chi connectivity index (χ1n) is 19.5. The molecule has 57 heavy (non-hydrogen) atoms. The summed E-state index contributed by atoms with van der Waals surface area (Å²) in [5.41, 5.74) is 10.5. The van der Waals surface area contributed by atoms with Gasteiger partial charge in [0, 0.05) is 17.3 Å². The highest BCUT2D eigenvalue weighted by atomic mass is 15.1. The normalized spacial score (nSPS) is 11.5. The summed E-state index contributed by atoms with van der Waals surface area (Å²) in [6.07, 6.45) is 3.82. The second kappa shape index (κ2) is 13.6. The Kier molecular flexibility index (Phi) is 7.86. The minimum Gasteiger partial charge on any atom is -0.308 e. The van der Waals surface area contributed by atoms with Crippen LogP contribution in [0.4, 0.5) is 17.1 Å². The summed E-state index contributed by atoms with van der Waals surface area (Å²) in [5.74, 6) is 0. The summed E-state index contributed by atoms with van der Waals surface area (Å²) in [4.78, 5) is 7.02. The summed E-state index contributed by atoms with van der Waals surface area (Å²) >= 11 is 0. The smallest absolute Gasteiger partial charge is 0.0645 e. The van der Waals surface area contributed by atoms with Crippen molar-refractivity contribution in [1.29, 1.82) is 0 Å². The highest BCUT2D eigenvalue weighted by molar-refractivity contribution is 6.33. The average Bonchev–Trinajstić information content (AvgIpc) is 3.30. The summed E-state index contributed by atoms with van der Waals surface area (Å²) in [6, 6.07) is 75.1. The minimum absolute atomic E-state index is 1.00. The third-order valence-corrected chi connectivity index (χ3v) is 11.5. The van der Waals surface area contributed by atoms with Crippen LogP contribution in [0.3, 0.4) is 0 Å². The molecule has 0 aliphatic carbocycles. The molecule has 0 saturated heterocycles. The molecule has 0 bridgehead atoms. The molecule has 266 valence electrons. The van der Waals surface area contributed by atoms with E-state index >= 15 is 0 Å². The van der Waals surface area contributed by atoms with Gasteiger partial charge in [-0.3, -0.25) is 4.98 Å². The monoisotopic (exact) mass is 724 g/mol. The molecular weight excluding hydrogens is 689 g/mol. The van der Waals surface area contributed by atoms with E-state index in [9.17, 15) is 0 Å². The number of pyridine rings is 1. The SMILES string of the molecule is c1ccc(-c2cc(-c3ccccc3)c3c4ccccc4c4cc(N(c5cccnc5)c5cc6ccccc6c6ccccc56)ccc4c3c2-c2ccccc2)cc1. The second-order valence-electron chi connectivity index (χ2n) is 14.7. The number of nitrogens with zero attached hydrogens (tertiary/aromatic N) is 2. The average molecular weight is 725 g/mol. The summed E-state index contributed by atoms with van der Waals surface area (Å²) < 4.78 is 0. The van der Waals surface area contributed by atoms with E-state index in [1.807, 2.05) is 18.5 Å². The second-order valence-corrected chi connectivity index (χ2v) is 14.7. The van der Waals surface area contributed by atoms with Gasteiger partial charge in [-0.15, -0.1) is 0 Å². The van der Waals surface area contributed by atoms with Crippen LogP contribution in [-0.2, 0) is 0 Å². The van der Waals surface area contributed by atoms with Crippen LogP contribution in [0.5, 0.6) is 0 Å². The maximum atomic E-state index is 4.63. The van der Waals surface area contributed by atoms with E-state index in [1.54, 1.807) is 0 Å². The lowest BCUT2D eigenvalue weighted by Crippen LogP contribution is -2.11. The number of anilines is 3. The summed E-state index contributed by atoms with van der Waals surface area (Å²) in [7, 11) is 0. The van der Waals surface area contributed by atoms with Crippen molar-refractivity contribution in [1.82, 2.24) is 4.98 Å². The molecule has 0 atom stereocenters. The maximum absolute atomic E-state index is 4.63. The standard InChI is InChI=1S/C55H36N2/c1-4-17-37(18-5-1)49-35-50(38-19-6-2-7-20-38)54-47-29-15-13-27-45(47)51-34-41(30-31-48(51)55(54)53(49)39-21-8-3-9-22-39)57(42-24-16-32-56-36-42)52-33-40-23-10-11-25-43(40)44-26-12-14-28-46(44)52/h1-36H. The van der Waals surface area contributed by atoms with Gasteiger partial charge in [-0.2, -0.15) is 0 Å². The zero-order chi connectivity index (χ0) is 37.7. The Labute approximate surface area is 331 Å². The van der Waals surface area contributed by atoms with Crippen LogP contribution in [0.15, 0.2) is 219 Å². The molecule has 11 rings (SSSR count). The third-order valence-electron chi connectivity index (χ3n) is 11.5. The molecule has 0 aliphatic rings. The van der Waals surface area contributed by atoms with Gasteiger partial charge in [0.15, 0.2) is 0 Å². The highest BCUT2D eigenvalue weighted by Gasteiger charge is 2.23. The van der Waals surface area contributed by atoms with Crippen molar-refractivity contribution in [3.05, 3.63) is 219 Å². The van der Waals surface area contributed by atoms with Crippen LogP contribution >= 0.6 is 0 Å². The van der Waals surface area contributed by atoms with Gasteiger partial charge in [0.05, 0.1) is 17.6 Å². The van der Waals surface area contributed by atoms with Gasteiger partial charge in [0.1, 0.15) is 0 Å². The molecule has 0 amide bonds. The predicted octanol–water partition coefficient (Wildman–Crippen LogP) is 15.3. The van der Waals surface area contributed by atoms with Crippen molar-refractivity contribution in [2.75, 3.05) is 4.90 Å². The molecule has 10 aromatic carbocycles. The predicted molar refractivity (Wildman–Crippen MR) is 243 cm³/mol. The topological polar surface area (TPSA) is 16.1 Å². The number of hydrogen-bond acceptors (Lipinski definition) is 2. The molecule has 1 heterocycles. The van der Waals surface area contributed by atoms with Gasteiger partial charge in [0.25, 0.3) is 0 Å². The fourth-order valence-corrected chi connectivity index (χ4v) is 9.01. The van der Waals surface area contributed by atoms with Gasteiger partial charge in [-0.05, 0) is 118 Å². The zero-order valence-corrected chi connectivity index (χ0v) is 31.2. The van der Waals surface area contributed by atoms with Crippen molar-refractivity contribution in [2.24, 2.45) is 0 Å². The minimum atomic E-state index is 1.00. The molecular formula is C55H36N2. The molecule has 11 aromatic rings. The lowest BCUT2D eigenvalue weighted by atomic mass is 9.81. The van der Waals surface area contributed by atoms with Crippen LogP contribution in [0.2, 0.25) is 0 Å².